The summed E-state index contributed by atoms with van der Waals surface area (Å²) in [7, 11) is 3.37. The van der Waals surface area contributed by atoms with E-state index in [9.17, 15) is 4.79 Å². The molecule has 0 spiro atoms. The van der Waals surface area contributed by atoms with Crippen LogP contribution >= 0.6 is 0 Å². The van der Waals surface area contributed by atoms with Crippen LogP contribution in [-0.4, -0.2) is 24.9 Å². The van der Waals surface area contributed by atoms with Crippen LogP contribution in [0.1, 0.15) is 10.4 Å². The summed E-state index contributed by atoms with van der Waals surface area (Å²) in [6.45, 7) is 0. The summed E-state index contributed by atoms with van der Waals surface area (Å²) >= 11 is 0. The van der Waals surface area contributed by atoms with Crippen molar-refractivity contribution in [3.8, 4) is 12.1 Å². The average Bonchev–Trinajstić information content (AvgIpc) is 2.39. The van der Waals surface area contributed by atoms with Gasteiger partial charge < -0.3 is 10.2 Å². The second-order valence-corrected chi connectivity index (χ2v) is 3.70. The maximum atomic E-state index is 11.6. The molecule has 1 aromatic carbocycles. The molecule has 0 aromatic heterocycles. The van der Waals surface area contributed by atoms with E-state index >= 15 is 0 Å². The lowest BCUT2D eigenvalue weighted by Crippen LogP contribution is -2.21. The fourth-order valence-electron chi connectivity index (χ4n) is 1.21. The van der Waals surface area contributed by atoms with E-state index in [0.29, 0.717) is 11.3 Å². The first kappa shape index (κ1) is 13.3. The molecule has 0 bridgehead atoms. The number of anilines is 1. The Bertz CT molecular complexity index is 528. The molecule has 1 aromatic rings. The van der Waals surface area contributed by atoms with Crippen LogP contribution in [0.4, 0.5) is 5.69 Å². The summed E-state index contributed by atoms with van der Waals surface area (Å²) in [5.74, 6) is -0.0770. The van der Waals surface area contributed by atoms with Crippen LogP contribution in [0.5, 0.6) is 0 Å². The minimum absolute atomic E-state index is 0.0107. The minimum atomic E-state index is -0.0770. The molecule has 0 aliphatic rings. The molecule has 0 unspecified atom stereocenters. The van der Waals surface area contributed by atoms with E-state index in [1.165, 1.54) is 11.1 Å². The van der Waals surface area contributed by atoms with E-state index in [1.54, 1.807) is 50.5 Å². The van der Waals surface area contributed by atoms with Crippen molar-refractivity contribution in [2.75, 3.05) is 19.4 Å². The number of amides is 1. The monoisotopic (exact) mass is 240 g/mol. The largest absolute Gasteiger partial charge is 0.360 e. The van der Waals surface area contributed by atoms with Crippen molar-refractivity contribution in [3.05, 3.63) is 41.6 Å². The summed E-state index contributed by atoms with van der Waals surface area (Å²) in [5, 5.41) is 19.9. The molecule has 0 fully saturated rings. The van der Waals surface area contributed by atoms with Gasteiger partial charge in [-0.25, -0.2) is 0 Å². The standard InChI is InChI=1S/C13H12N4O/c1-17(2)13(18)11-3-5-12(6-4-11)16-9-10(7-14)8-15/h3-6,9,16H,1-2H3. The van der Waals surface area contributed by atoms with Crippen molar-refractivity contribution in [1.82, 2.24) is 4.90 Å². The number of carbonyl (C=O) groups excluding carboxylic acids is 1. The van der Waals surface area contributed by atoms with E-state index < -0.39 is 0 Å². The third kappa shape index (κ3) is 3.36. The van der Waals surface area contributed by atoms with Crippen LogP contribution < -0.4 is 5.32 Å². The third-order valence-corrected chi connectivity index (χ3v) is 2.16. The van der Waals surface area contributed by atoms with E-state index in [0.717, 1.165) is 0 Å². The summed E-state index contributed by atoms with van der Waals surface area (Å²) in [5.41, 5.74) is 1.27. The molecular formula is C13H12N4O. The first-order valence-corrected chi connectivity index (χ1v) is 5.17. The maximum absolute atomic E-state index is 11.6. The van der Waals surface area contributed by atoms with Crippen LogP contribution in [-0.2, 0) is 0 Å². The molecule has 0 saturated carbocycles. The Morgan fingerprint density at radius 1 is 1.22 bits per heavy atom. The zero-order chi connectivity index (χ0) is 13.5. The summed E-state index contributed by atoms with van der Waals surface area (Å²) in [6.07, 6.45) is 1.32. The second-order valence-electron chi connectivity index (χ2n) is 3.70. The fraction of sp³-hybridized carbons (Fsp3) is 0.154. The van der Waals surface area contributed by atoms with Gasteiger partial charge in [0.25, 0.3) is 5.91 Å². The van der Waals surface area contributed by atoms with Crippen LogP contribution in [0.2, 0.25) is 0 Å². The van der Waals surface area contributed by atoms with Crippen LogP contribution in [0.25, 0.3) is 0 Å². The van der Waals surface area contributed by atoms with E-state index in [-0.39, 0.29) is 11.5 Å². The van der Waals surface area contributed by atoms with Crippen molar-refractivity contribution in [2.45, 2.75) is 0 Å². The number of carbonyl (C=O) groups is 1. The molecule has 18 heavy (non-hydrogen) atoms. The van der Waals surface area contributed by atoms with Crippen molar-refractivity contribution < 1.29 is 4.79 Å². The number of nitriles is 2. The highest BCUT2D eigenvalue weighted by atomic mass is 16.2. The van der Waals surface area contributed by atoms with Gasteiger partial charge in [0.15, 0.2) is 0 Å². The number of nitrogens with zero attached hydrogens (tertiary/aromatic N) is 3. The predicted molar refractivity (Wildman–Crippen MR) is 67.4 cm³/mol. The van der Waals surface area contributed by atoms with Gasteiger partial charge in [0.2, 0.25) is 0 Å². The highest BCUT2D eigenvalue weighted by molar-refractivity contribution is 5.94. The second kappa shape index (κ2) is 6.07. The van der Waals surface area contributed by atoms with Crippen LogP contribution in [0.15, 0.2) is 36.0 Å². The molecule has 0 aliphatic carbocycles. The molecule has 5 heteroatoms. The van der Waals surface area contributed by atoms with Gasteiger partial charge in [-0.2, -0.15) is 10.5 Å². The Hall–Kier alpha value is -2.79. The molecule has 0 atom stereocenters. The van der Waals surface area contributed by atoms with Gasteiger partial charge in [0.05, 0.1) is 0 Å². The first-order valence-electron chi connectivity index (χ1n) is 5.17. The zero-order valence-corrected chi connectivity index (χ0v) is 10.1. The van der Waals surface area contributed by atoms with Crippen molar-refractivity contribution in [1.29, 1.82) is 10.5 Å². The molecule has 0 heterocycles. The smallest absolute Gasteiger partial charge is 0.253 e. The predicted octanol–water partition coefficient (Wildman–Crippen LogP) is 1.73. The Morgan fingerprint density at radius 3 is 2.22 bits per heavy atom. The number of hydrogen-bond acceptors (Lipinski definition) is 4. The zero-order valence-electron chi connectivity index (χ0n) is 10.1. The maximum Gasteiger partial charge on any atom is 0.253 e. The SMILES string of the molecule is CN(C)C(=O)c1ccc(NC=C(C#N)C#N)cc1. The van der Waals surface area contributed by atoms with Crippen molar-refractivity contribution in [2.24, 2.45) is 0 Å². The molecule has 0 saturated heterocycles. The lowest BCUT2D eigenvalue weighted by Gasteiger charge is -2.10. The average molecular weight is 240 g/mol. The van der Waals surface area contributed by atoms with Crippen molar-refractivity contribution in [3.63, 3.8) is 0 Å². The lowest BCUT2D eigenvalue weighted by molar-refractivity contribution is 0.0827. The van der Waals surface area contributed by atoms with Gasteiger partial charge in [-0.1, -0.05) is 0 Å². The highest BCUT2D eigenvalue weighted by Crippen LogP contribution is 2.11. The molecule has 5 nitrogen and oxygen atoms in total. The van der Waals surface area contributed by atoms with Gasteiger partial charge in [0, 0.05) is 31.5 Å². The van der Waals surface area contributed by atoms with E-state index in [1.807, 2.05) is 0 Å². The number of allylic oxidation sites excluding steroid dienone is 1. The summed E-state index contributed by atoms with van der Waals surface area (Å²) < 4.78 is 0. The Balaban J connectivity index is 2.80. The van der Waals surface area contributed by atoms with Gasteiger partial charge >= 0.3 is 0 Å². The number of hydrogen-bond donors (Lipinski definition) is 1. The minimum Gasteiger partial charge on any atom is -0.360 e. The summed E-state index contributed by atoms with van der Waals surface area (Å²) in [6, 6.07) is 10.3. The Labute approximate surface area is 106 Å². The molecule has 90 valence electrons. The molecule has 1 rings (SSSR count). The molecule has 1 N–H and O–H groups in total. The van der Waals surface area contributed by atoms with Crippen LogP contribution in [0, 0.1) is 22.7 Å². The van der Waals surface area contributed by atoms with Gasteiger partial charge in [-0.3, -0.25) is 4.79 Å². The Morgan fingerprint density at radius 2 is 1.78 bits per heavy atom. The van der Waals surface area contributed by atoms with E-state index in [4.69, 9.17) is 10.5 Å². The van der Waals surface area contributed by atoms with Gasteiger partial charge in [0.1, 0.15) is 17.7 Å². The van der Waals surface area contributed by atoms with E-state index in [2.05, 4.69) is 5.32 Å². The summed E-state index contributed by atoms with van der Waals surface area (Å²) in [4.78, 5) is 13.1. The van der Waals surface area contributed by atoms with Crippen molar-refractivity contribution >= 4 is 11.6 Å². The van der Waals surface area contributed by atoms with Crippen LogP contribution in [0.3, 0.4) is 0 Å². The number of nitrogens with one attached hydrogen (secondary N) is 1. The normalized spacial score (nSPS) is 8.67. The van der Waals surface area contributed by atoms with Gasteiger partial charge in [-0.05, 0) is 24.3 Å². The third-order valence-electron chi connectivity index (χ3n) is 2.16. The lowest BCUT2D eigenvalue weighted by atomic mass is 10.2. The molecule has 0 aliphatic heterocycles. The first-order chi connectivity index (χ1) is 8.58. The number of rotatable bonds is 3. The quantitative estimate of drug-likeness (QED) is 0.816. The van der Waals surface area contributed by atoms with Gasteiger partial charge in [-0.15, -0.1) is 0 Å². The molecule has 1 amide bonds. The highest BCUT2D eigenvalue weighted by Gasteiger charge is 2.06. The Kier molecular flexibility index (Phi) is 4.48. The molecular weight excluding hydrogens is 228 g/mol. The molecule has 0 radical (unpaired) electrons. The fourth-order valence-corrected chi connectivity index (χ4v) is 1.21. The number of benzene rings is 1. The topological polar surface area (TPSA) is 79.9 Å².